The maximum Gasteiger partial charge on any atom is 0.312 e. The number of hydrogen-bond donors (Lipinski definition) is 1. The van der Waals surface area contributed by atoms with E-state index in [1.165, 1.54) is 6.92 Å². The maximum absolute atomic E-state index is 12.6. The van der Waals surface area contributed by atoms with Crippen LogP contribution in [0.5, 0.6) is 11.5 Å². The first-order valence-corrected chi connectivity index (χ1v) is 11.5. The van der Waals surface area contributed by atoms with Gasteiger partial charge in [-0.2, -0.15) is 0 Å². The number of thioether (sulfide) groups is 1. The van der Waals surface area contributed by atoms with E-state index >= 15 is 0 Å². The molecule has 1 fully saturated rings. The van der Waals surface area contributed by atoms with Gasteiger partial charge in [0.1, 0.15) is 13.2 Å². The number of hydrogen-bond acceptors (Lipinski definition) is 7. The van der Waals surface area contributed by atoms with Crippen LogP contribution < -0.4 is 19.7 Å². The monoisotopic (exact) mass is 456 g/mol. The van der Waals surface area contributed by atoms with E-state index in [0.29, 0.717) is 30.4 Å². The number of benzene rings is 2. The minimum absolute atomic E-state index is 0.0544. The van der Waals surface area contributed by atoms with Gasteiger partial charge in [0, 0.05) is 35.3 Å². The molecule has 2 aromatic rings. The number of carbonyl (C=O) groups is 3. The Morgan fingerprint density at radius 3 is 2.72 bits per heavy atom. The van der Waals surface area contributed by atoms with Crippen LogP contribution in [0.2, 0.25) is 0 Å². The molecule has 0 bridgehead atoms. The Bertz CT molecular complexity index is 1040. The van der Waals surface area contributed by atoms with E-state index < -0.39 is 23.9 Å². The Kier molecular flexibility index (Phi) is 6.55. The molecule has 2 aliphatic rings. The summed E-state index contributed by atoms with van der Waals surface area (Å²) >= 11 is 1.58. The van der Waals surface area contributed by atoms with Crippen molar-refractivity contribution in [2.24, 2.45) is 5.92 Å². The van der Waals surface area contributed by atoms with Crippen LogP contribution in [0.25, 0.3) is 0 Å². The fourth-order valence-corrected chi connectivity index (χ4v) is 4.04. The molecule has 0 aromatic heterocycles. The van der Waals surface area contributed by atoms with Crippen molar-refractivity contribution in [2.75, 3.05) is 36.2 Å². The Hall–Kier alpha value is -3.20. The van der Waals surface area contributed by atoms with Crippen molar-refractivity contribution in [1.82, 2.24) is 0 Å². The number of anilines is 2. The number of fused-ring (bicyclic) bond motifs is 1. The molecule has 32 heavy (non-hydrogen) atoms. The molecule has 8 nitrogen and oxygen atoms in total. The van der Waals surface area contributed by atoms with E-state index in [2.05, 4.69) is 5.32 Å². The average Bonchev–Trinajstić information content (AvgIpc) is 3.20. The predicted molar refractivity (Wildman–Crippen MR) is 120 cm³/mol. The van der Waals surface area contributed by atoms with Gasteiger partial charge in [-0.3, -0.25) is 14.4 Å². The molecular weight excluding hydrogens is 432 g/mol. The molecule has 2 unspecified atom stereocenters. The quantitative estimate of drug-likeness (QED) is 0.527. The summed E-state index contributed by atoms with van der Waals surface area (Å²) < 4.78 is 16.3. The van der Waals surface area contributed by atoms with Gasteiger partial charge in [-0.05, 0) is 43.5 Å². The highest BCUT2D eigenvalue weighted by molar-refractivity contribution is 7.98. The lowest BCUT2D eigenvalue weighted by atomic mass is 10.1. The third kappa shape index (κ3) is 4.83. The zero-order chi connectivity index (χ0) is 22.7. The van der Waals surface area contributed by atoms with E-state index in [1.807, 2.05) is 30.5 Å². The molecule has 0 radical (unpaired) electrons. The number of nitrogens with one attached hydrogen (secondary N) is 1. The van der Waals surface area contributed by atoms with E-state index in [4.69, 9.17) is 14.2 Å². The first-order chi connectivity index (χ1) is 15.4. The fraction of sp³-hybridized carbons (Fsp3) is 0.348. The minimum atomic E-state index is -1.01. The second kappa shape index (κ2) is 9.52. The van der Waals surface area contributed by atoms with Crippen LogP contribution in [-0.4, -0.2) is 49.9 Å². The number of amides is 2. The standard InChI is InChI=1S/C23H24N2O6S/c1-14(22(27)24-16-6-7-19-20(11-16)30-9-8-29-19)31-23(28)15-10-21(26)25(13-15)17-4-3-5-18(12-17)32-2/h3-7,11-12,14-15H,8-10,13H2,1-2H3,(H,24,27). The summed E-state index contributed by atoms with van der Waals surface area (Å²) in [5.41, 5.74) is 1.26. The van der Waals surface area contributed by atoms with Crippen LogP contribution in [0.1, 0.15) is 13.3 Å². The van der Waals surface area contributed by atoms with E-state index in [0.717, 1.165) is 10.6 Å². The lowest BCUT2D eigenvalue weighted by Crippen LogP contribution is -2.33. The molecule has 2 heterocycles. The summed E-state index contributed by atoms with van der Waals surface area (Å²) in [6, 6.07) is 12.7. The Morgan fingerprint density at radius 1 is 1.16 bits per heavy atom. The fourth-order valence-electron chi connectivity index (χ4n) is 3.58. The highest BCUT2D eigenvalue weighted by Crippen LogP contribution is 2.33. The van der Waals surface area contributed by atoms with Gasteiger partial charge in [0.2, 0.25) is 5.91 Å². The molecule has 0 spiro atoms. The van der Waals surface area contributed by atoms with E-state index in [9.17, 15) is 14.4 Å². The van der Waals surface area contributed by atoms with Gasteiger partial charge in [-0.25, -0.2) is 0 Å². The van der Waals surface area contributed by atoms with Crippen LogP contribution in [0, 0.1) is 5.92 Å². The van der Waals surface area contributed by atoms with Crippen molar-refractivity contribution < 1.29 is 28.6 Å². The molecule has 4 rings (SSSR count). The molecule has 0 saturated carbocycles. The molecule has 2 aliphatic heterocycles. The largest absolute Gasteiger partial charge is 0.486 e. The Morgan fingerprint density at radius 2 is 1.94 bits per heavy atom. The zero-order valence-electron chi connectivity index (χ0n) is 17.8. The summed E-state index contributed by atoms with van der Waals surface area (Å²) in [4.78, 5) is 40.2. The normalized spacial score (nSPS) is 18.2. The SMILES string of the molecule is CSc1cccc(N2CC(C(=O)OC(C)C(=O)Nc3ccc4c(c3)OCCO4)CC2=O)c1. The highest BCUT2D eigenvalue weighted by atomic mass is 32.2. The van der Waals surface area contributed by atoms with Gasteiger partial charge in [-0.15, -0.1) is 11.8 Å². The van der Waals surface area contributed by atoms with Crippen molar-refractivity contribution in [3.63, 3.8) is 0 Å². The summed E-state index contributed by atoms with van der Waals surface area (Å²) in [6.45, 7) is 2.65. The van der Waals surface area contributed by atoms with Gasteiger partial charge in [-0.1, -0.05) is 6.07 Å². The lowest BCUT2D eigenvalue weighted by molar-refractivity contribution is -0.157. The Labute approximate surface area is 190 Å². The first-order valence-electron chi connectivity index (χ1n) is 10.3. The van der Waals surface area contributed by atoms with Gasteiger partial charge in [0.25, 0.3) is 5.91 Å². The van der Waals surface area contributed by atoms with Gasteiger partial charge in [0.05, 0.1) is 5.92 Å². The number of carbonyl (C=O) groups excluding carboxylic acids is 3. The predicted octanol–water partition coefficient (Wildman–Crippen LogP) is 3.10. The number of rotatable bonds is 6. The van der Waals surface area contributed by atoms with Gasteiger partial charge in [0.15, 0.2) is 17.6 Å². The van der Waals surface area contributed by atoms with Crippen LogP contribution in [0.3, 0.4) is 0 Å². The molecule has 2 atom stereocenters. The molecule has 168 valence electrons. The number of nitrogens with zero attached hydrogens (tertiary/aromatic N) is 1. The third-order valence-corrected chi connectivity index (χ3v) is 6.02. The zero-order valence-corrected chi connectivity index (χ0v) is 18.6. The van der Waals surface area contributed by atoms with Crippen LogP contribution in [-0.2, 0) is 19.1 Å². The lowest BCUT2D eigenvalue weighted by Gasteiger charge is -2.20. The van der Waals surface area contributed by atoms with Gasteiger partial charge >= 0.3 is 5.97 Å². The second-order valence-corrected chi connectivity index (χ2v) is 8.41. The number of ether oxygens (including phenoxy) is 3. The summed E-state index contributed by atoms with van der Waals surface area (Å²) in [5.74, 6) is -0.625. The molecular formula is C23H24N2O6S. The number of esters is 1. The molecule has 2 amide bonds. The first kappa shape index (κ1) is 22.0. The summed E-state index contributed by atoms with van der Waals surface area (Å²) in [6.07, 6.45) is 1.00. The average molecular weight is 457 g/mol. The van der Waals surface area contributed by atoms with E-state index in [1.54, 1.807) is 34.9 Å². The molecule has 1 N–H and O–H groups in total. The topological polar surface area (TPSA) is 94.2 Å². The smallest absolute Gasteiger partial charge is 0.312 e. The molecule has 0 aliphatic carbocycles. The Balaban J connectivity index is 1.34. The molecule has 2 aromatic carbocycles. The summed E-state index contributed by atoms with van der Waals surface area (Å²) in [7, 11) is 0. The maximum atomic E-state index is 12.6. The van der Waals surface area contributed by atoms with Crippen molar-refractivity contribution in [3.8, 4) is 11.5 Å². The van der Waals surface area contributed by atoms with E-state index in [-0.39, 0.29) is 18.9 Å². The minimum Gasteiger partial charge on any atom is -0.486 e. The van der Waals surface area contributed by atoms with Crippen LogP contribution in [0.15, 0.2) is 47.4 Å². The van der Waals surface area contributed by atoms with Crippen molar-refractivity contribution in [2.45, 2.75) is 24.3 Å². The second-order valence-electron chi connectivity index (χ2n) is 7.53. The van der Waals surface area contributed by atoms with Crippen molar-refractivity contribution in [1.29, 1.82) is 0 Å². The van der Waals surface area contributed by atoms with Crippen LogP contribution >= 0.6 is 11.8 Å². The van der Waals surface area contributed by atoms with Crippen LogP contribution in [0.4, 0.5) is 11.4 Å². The highest BCUT2D eigenvalue weighted by Gasteiger charge is 2.37. The molecule has 1 saturated heterocycles. The third-order valence-electron chi connectivity index (χ3n) is 5.30. The molecule has 9 heteroatoms. The van der Waals surface area contributed by atoms with Gasteiger partial charge < -0.3 is 24.4 Å². The summed E-state index contributed by atoms with van der Waals surface area (Å²) in [5, 5.41) is 2.71. The van der Waals surface area contributed by atoms with Crippen molar-refractivity contribution >= 4 is 40.9 Å². The van der Waals surface area contributed by atoms with Crippen molar-refractivity contribution in [3.05, 3.63) is 42.5 Å².